The Labute approximate surface area is 182 Å². The van der Waals surface area contributed by atoms with E-state index in [2.05, 4.69) is 20.4 Å². The lowest BCUT2D eigenvalue weighted by Gasteiger charge is -2.21. The Morgan fingerprint density at radius 3 is 2.71 bits per heavy atom. The first-order chi connectivity index (χ1) is 15.0. The fourth-order valence-electron chi connectivity index (χ4n) is 4.20. The molecule has 9 heteroatoms. The van der Waals surface area contributed by atoms with E-state index in [0.717, 1.165) is 44.2 Å². The molecule has 1 aliphatic carbocycles. The second kappa shape index (κ2) is 11.2. The van der Waals surface area contributed by atoms with Gasteiger partial charge in [0.25, 0.3) is 0 Å². The third-order valence-corrected chi connectivity index (χ3v) is 5.75. The molecule has 1 atom stereocenters. The summed E-state index contributed by atoms with van der Waals surface area (Å²) in [6, 6.07) is 5.00. The molecule has 172 valence electrons. The lowest BCUT2D eigenvalue weighted by molar-refractivity contribution is -0.134. The molecule has 3 rings (SSSR count). The van der Waals surface area contributed by atoms with Crippen molar-refractivity contribution in [1.82, 2.24) is 15.5 Å². The third kappa shape index (κ3) is 6.45. The molecule has 1 aromatic rings. The van der Waals surface area contributed by atoms with Crippen LogP contribution in [0.25, 0.3) is 0 Å². The Morgan fingerprint density at radius 2 is 2.03 bits per heavy atom. The quantitative estimate of drug-likeness (QED) is 0.482. The molecule has 0 bridgehead atoms. The first kappa shape index (κ1) is 23.1. The number of hydrogen-bond donors (Lipinski definition) is 2. The summed E-state index contributed by atoms with van der Waals surface area (Å²) in [7, 11) is 1.40. The largest absolute Gasteiger partial charge is 0.493 e. The summed E-state index contributed by atoms with van der Waals surface area (Å²) in [6.07, 6.45) is 5.20. The standard InChI is InChI=1S/C22H32F2N4O3/c1-3-25-22(26-13-15-8-9-18(30-2)19(12-15)31-21(23)24)27-17-10-11-28(14-17)20(29)16-6-4-5-7-16/h8-9,12,16-17,21H,3-7,10-11,13-14H2,1-2H3,(H2,25,26,27). The van der Waals surface area contributed by atoms with E-state index < -0.39 is 6.61 Å². The number of halogens is 2. The van der Waals surface area contributed by atoms with Gasteiger partial charge in [0.1, 0.15) is 0 Å². The summed E-state index contributed by atoms with van der Waals surface area (Å²) < 4.78 is 34.9. The van der Waals surface area contributed by atoms with Crippen LogP contribution in [-0.4, -0.2) is 56.2 Å². The average molecular weight is 439 g/mol. The number of nitrogens with zero attached hydrogens (tertiary/aromatic N) is 2. The molecule has 1 aliphatic heterocycles. The predicted molar refractivity (Wildman–Crippen MR) is 115 cm³/mol. The molecule has 7 nitrogen and oxygen atoms in total. The van der Waals surface area contributed by atoms with Crippen molar-refractivity contribution in [1.29, 1.82) is 0 Å². The van der Waals surface area contributed by atoms with Crippen molar-refractivity contribution in [2.45, 2.75) is 58.2 Å². The number of carbonyl (C=O) groups is 1. The van der Waals surface area contributed by atoms with Crippen LogP contribution in [0.3, 0.4) is 0 Å². The smallest absolute Gasteiger partial charge is 0.387 e. The van der Waals surface area contributed by atoms with E-state index in [9.17, 15) is 13.6 Å². The van der Waals surface area contributed by atoms with Gasteiger partial charge in [0.05, 0.1) is 13.7 Å². The highest BCUT2D eigenvalue weighted by Crippen LogP contribution is 2.30. The Balaban J connectivity index is 1.59. The van der Waals surface area contributed by atoms with E-state index in [1.807, 2.05) is 11.8 Å². The number of likely N-dealkylation sites (tertiary alicyclic amines) is 1. The summed E-state index contributed by atoms with van der Waals surface area (Å²) in [4.78, 5) is 19.2. The molecule has 2 aliphatic rings. The van der Waals surface area contributed by atoms with Crippen molar-refractivity contribution >= 4 is 11.9 Å². The second-order valence-electron chi connectivity index (χ2n) is 7.95. The van der Waals surface area contributed by atoms with Gasteiger partial charge in [0.15, 0.2) is 17.5 Å². The average Bonchev–Trinajstić information content (AvgIpc) is 3.44. The molecule has 0 aromatic heterocycles. The number of guanidine groups is 1. The zero-order chi connectivity index (χ0) is 22.2. The van der Waals surface area contributed by atoms with Gasteiger partial charge in [0, 0.05) is 31.6 Å². The van der Waals surface area contributed by atoms with E-state index in [0.29, 0.717) is 19.0 Å². The highest BCUT2D eigenvalue weighted by Gasteiger charge is 2.32. The van der Waals surface area contributed by atoms with Gasteiger partial charge in [-0.1, -0.05) is 18.9 Å². The number of hydrogen-bond acceptors (Lipinski definition) is 4. The number of nitrogens with one attached hydrogen (secondary N) is 2. The van der Waals surface area contributed by atoms with Crippen LogP contribution in [0.2, 0.25) is 0 Å². The molecule has 2 fully saturated rings. The fraction of sp³-hybridized carbons (Fsp3) is 0.636. The van der Waals surface area contributed by atoms with Crippen LogP contribution in [-0.2, 0) is 11.3 Å². The van der Waals surface area contributed by atoms with Gasteiger partial charge < -0.3 is 25.0 Å². The van der Waals surface area contributed by atoms with Gasteiger partial charge in [-0.15, -0.1) is 0 Å². The van der Waals surface area contributed by atoms with Crippen LogP contribution in [0.4, 0.5) is 8.78 Å². The number of ether oxygens (including phenoxy) is 2. The van der Waals surface area contributed by atoms with Crippen molar-refractivity contribution in [2.75, 3.05) is 26.7 Å². The second-order valence-corrected chi connectivity index (χ2v) is 7.95. The number of benzene rings is 1. The van der Waals surface area contributed by atoms with E-state index >= 15 is 0 Å². The number of carbonyl (C=O) groups excluding carboxylic acids is 1. The zero-order valence-corrected chi connectivity index (χ0v) is 18.2. The van der Waals surface area contributed by atoms with Crippen molar-refractivity contribution in [2.24, 2.45) is 10.9 Å². The van der Waals surface area contributed by atoms with Crippen LogP contribution in [0.1, 0.15) is 44.6 Å². The van der Waals surface area contributed by atoms with Crippen molar-refractivity contribution < 1.29 is 23.0 Å². The summed E-state index contributed by atoms with van der Waals surface area (Å²) >= 11 is 0. The fourth-order valence-corrected chi connectivity index (χ4v) is 4.20. The SMILES string of the molecule is CCNC(=NCc1ccc(OC)c(OC(F)F)c1)NC1CCN(C(=O)C2CCCC2)C1. The molecule has 31 heavy (non-hydrogen) atoms. The van der Waals surface area contributed by atoms with Gasteiger partial charge in [-0.3, -0.25) is 4.79 Å². The van der Waals surface area contributed by atoms with Crippen LogP contribution in [0.15, 0.2) is 23.2 Å². The van der Waals surface area contributed by atoms with Crippen LogP contribution in [0.5, 0.6) is 11.5 Å². The summed E-state index contributed by atoms with van der Waals surface area (Å²) in [6.45, 7) is 1.46. The summed E-state index contributed by atoms with van der Waals surface area (Å²) in [5, 5.41) is 6.61. The molecule has 2 N–H and O–H groups in total. The van der Waals surface area contributed by atoms with Crippen LogP contribution < -0.4 is 20.1 Å². The first-order valence-electron chi connectivity index (χ1n) is 11.0. The van der Waals surface area contributed by atoms with E-state index in [1.165, 1.54) is 13.2 Å². The molecular formula is C22H32F2N4O3. The van der Waals surface area contributed by atoms with Gasteiger partial charge in [0.2, 0.25) is 5.91 Å². The van der Waals surface area contributed by atoms with Crippen molar-refractivity contribution in [3.05, 3.63) is 23.8 Å². The normalized spacial score (nSPS) is 19.7. The molecule has 0 radical (unpaired) electrons. The number of methoxy groups -OCH3 is 1. The van der Waals surface area contributed by atoms with Crippen molar-refractivity contribution in [3.8, 4) is 11.5 Å². The number of rotatable bonds is 8. The number of amides is 1. The molecule has 1 unspecified atom stereocenters. The maximum Gasteiger partial charge on any atom is 0.387 e. The van der Waals surface area contributed by atoms with Gasteiger partial charge in [-0.25, -0.2) is 4.99 Å². The zero-order valence-electron chi connectivity index (χ0n) is 18.2. The van der Waals surface area contributed by atoms with Crippen molar-refractivity contribution in [3.63, 3.8) is 0 Å². The van der Waals surface area contributed by atoms with Gasteiger partial charge in [-0.2, -0.15) is 8.78 Å². The minimum atomic E-state index is -2.93. The minimum absolute atomic E-state index is 0.0139. The van der Waals surface area contributed by atoms with E-state index in [4.69, 9.17) is 4.74 Å². The minimum Gasteiger partial charge on any atom is -0.493 e. The molecule has 0 spiro atoms. The summed E-state index contributed by atoms with van der Waals surface area (Å²) in [5.74, 6) is 1.35. The van der Waals surface area contributed by atoms with Gasteiger partial charge in [-0.05, 0) is 43.9 Å². The first-order valence-corrected chi connectivity index (χ1v) is 11.0. The highest BCUT2D eigenvalue weighted by atomic mass is 19.3. The number of alkyl halides is 2. The van der Waals surface area contributed by atoms with E-state index in [1.54, 1.807) is 12.1 Å². The maximum absolute atomic E-state index is 12.7. The summed E-state index contributed by atoms with van der Waals surface area (Å²) in [5.41, 5.74) is 0.720. The molecule has 1 heterocycles. The topological polar surface area (TPSA) is 75.2 Å². The van der Waals surface area contributed by atoms with E-state index in [-0.39, 0.29) is 35.9 Å². The third-order valence-electron chi connectivity index (χ3n) is 5.75. The molecule has 1 amide bonds. The lowest BCUT2D eigenvalue weighted by Crippen LogP contribution is -2.45. The Morgan fingerprint density at radius 1 is 1.26 bits per heavy atom. The van der Waals surface area contributed by atoms with Gasteiger partial charge >= 0.3 is 6.61 Å². The Bertz CT molecular complexity index is 769. The molecule has 1 saturated heterocycles. The van der Waals surface area contributed by atoms with Crippen LogP contribution in [0, 0.1) is 5.92 Å². The molecular weight excluding hydrogens is 406 g/mol. The van der Waals surface area contributed by atoms with Crippen LogP contribution >= 0.6 is 0 Å². The molecule has 1 saturated carbocycles. The predicted octanol–water partition coefficient (Wildman–Crippen LogP) is 3.14. The highest BCUT2D eigenvalue weighted by molar-refractivity contribution is 5.81. The lowest BCUT2D eigenvalue weighted by atomic mass is 10.1. The Hall–Kier alpha value is -2.58. The Kier molecular flexibility index (Phi) is 8.31. The number of aliphatic imine (C=N–C) groups is 1. The monoisotopic (exact) mass is 438 g/mol. The molecule has 1 aromatic carbocycles. The maximum atomic E-state index is 12.7.